The van der Waals surface area contributed by atoms with E-state index in [1.165, 1.54) is 12.1 Å². The van der Waals surface area contributed by atoms with E-state index in [9.17, 15) is 8.78 Å². The highest BCUT2D eigenvalue weighted by Gasteiger charge is 2.18. The largest absolute Gasteiger partial charge is 0.328 e. The Morgan fingerprint density at radius 2 is 1.89 bits per heavy atom. The summed E-state index contributed by atoms with van der Waals surface area (Å²) in [5.41, 5.74) is 6.23. The first-order chi connectivity index (χ1) is 8.65. The molecule has 1 saturated carbocycles. The molecule has 0 unspecified atom stereocenters. The van der Waals surface area contributed by atoms with Crippen LogP contribution in [0.15, 0.2) is 18.2 Å². The van der Waals surface area contributed by atoms with Gasteiger partial charge in [0.2, 0.25) is 0 Å². The van der Waals surface area contributed by atoms with Gasteiger partial charge in [-0.3, -0.25) is 0 Å². The van der Waals surface area contributed by atoms with Crippen molar-refractivity contribution in [2.24, 2.45) is 11.7 Å². The summed E-state index contributed by atoms with van der Waals surface area (Å²) in [6.07, 6.45) is 4.39. The van der Waals surface area contributed by atoms with Crippen LogP contribution in [0.25, 0.3) is 0 Å². The first-order valence-electron chi connectivity index (χ1n) is 6.55. The number of nitrogens with one attached hydrogen (secondary N) is 1. The SMILES string of the molecule is NC1CCC(CNCc2cc(F)ccc2F)CC1. The molecule has 1 aromatic rings. The number of rotatable bonds is 4. The van der Waals surface area contributed by atoms with Crippen molar-refractivity contribution in [3.05, 3.63) is 35.4 Å². The second-order valence-corrected chi connectivity index (χ2v) is 5.15. The summed E-state index contributed by atoms with van der Waals surface area (Å²) in [7, 11) is 0. The van der Waals surface area contributed by atoms with E-state index < -0.39 is 5.82 Å². The van der Waals surface area contributed by atoms with E-state index in [-0.39, 0.29) is 5.82 Å². The van der Waals surface area contributed by atoms with Gasteiger partial charge in [-0.2, -0.15) is 0 Å². The molecule has 100 valence electrons. The van der Waals surface area contributed by atoms with Crippen LogP contribution in [0.1, 0.15) is 31.2 Å². The van der Waals surface area contributed by atoms with Crippen LogP contribution in [0.3, 0.4) is 0 Å². The third-order valence-corrected chi connectivity index (χ3v) is 3.65. The number of benzene rings is 1. The summed E-state index contributed by atoms with van der Waals surface area (Å²) in [4.78, 5) is 0. The summed E-state index contributed by atoms with van der Waals surface area (Å²) in [6.45, 7) is 1.23. The molecular weight excluding hydrogens is 234 g/mol. The van der Waals surface area contributed by atoms with E-state index in [0.717, 1.165) is 38.3 Å². The number of nitrogens with two attached hydrogens (primary N) is 1. The Kier molecular flexibility index (Phi) is 4.66. The van der Waals surface area contributed by atoms with Crippen molar-refractivity contribution in [1.82, 2.24) is 5.32 Å². The van der Waals surface area contributed by atoms with Crippen molar-refractivity contribution in [2.75, 3.05) is 6.54 Å². The van der Waals surface area contributed by atoms with Crippen LogP contribution in [0.2, 0.25) is 0 Å². The normalized spacial score (nSPS) is 24.2. The molecule has 0 radical (unpaired) electrons. The lowest BCUT2D eigenvalue weighted by Crippen LogP contribution is -2.31. The fraction of sp³-hybridized carbons (Fsp3) is 0.571. The van der Waals surface area contributed by atoms with Gasteiger partial charge in [-0.15, -0.1) is 0 Å². The molecule has 1 aliphatic carbocycles. The first kappa shape index (κ1) is 13.4. The molecular formula is C14H20F2N2. The number of hydrogen-bond acceptors (Lipinski definition) is 2. The lowest BCUT2D eigenvalue weighted by Gasteiger charge is -2.26. The van der Waals surface area contributed by atoms with Crippen LogP contribution in [0.5, 0.6) is 0 Å². The molecule has 18 heavy (non-hydrogen) atoms. The van der Waals surface area contributed by atoms with Gasteiger partial charge in [-0.05, 0) is 56.3 Å². The molecule has 1 aliphatic rings. The fourth-order valence-electron chi connectivity index (χ4n) is 2.48. The zero-order chi connectivity index (χ0) is 13.0. The Bertz CT molecular complexity index is 387. The Labute approximate surface area is 107 Å². The summed E-state index contributed by atoms with van der Waals surface area (Å²) < 4.78 is 26.3. The number of halogens is 2. The van der Waals surface area contributed by atoms with Crippen molar-refractivity contribution in [1.29, 1.82) is 0 Å². The summed E-state index contributed by atoms with van der Waals surface area (Å²) in [5.74, 6) is -0.132. The summed E-state index contributed by atoms with van der Waals surface area (Å²) in [5, 5.41) is 3.21. The Balaban J connectivity index is 1.76. The van der Waals surface area contributed by atoms with E-state index in [1.54, 1.807) is 0 Å². The molecule has 0 saturated heterocycles. The maximum absolute atomic E-state index is 13.4. The monoisotopic (exact) mass is 254 g/mol. The van der Waals surface area contributed by atoms with E-state index in [0.29, 0.717) is 24.1 Å². The van der Waals surface area contributed by atoms with Gasteiger partial charge in [0.05, 0.1) is 0 Å². The fourth-order valence-corrected chi connectivity index (χ4v) is 2.48. The Hall–Kier alpha value is -1.00. The molecule has 0 aromatic heterocycles. The molecule has 0 bridgehead atoms. The van der Waals surface area contributed by atoms with Crippen molar-refractivity contribution in [2.45, 2.75) is 38.3 Å². The Morgan fingerprint density at radius 1 is 1.17 bits per heavy atom. The maximum Gasteiger partial charge on any atom is 0.127 e. The zero-order valence-electron chi connectivity index (χ0n) is 10.5. The van der Waals surface area contributed by atoms with Crippen molar-refractivity contribution in [3.8, 4) is 0 Å². The van der Waals surface area contributed by atoms with Crippen LogP contribution >= 0.6 is 0 Å². The van der Waals surface area contributed by atoms with E-state index in [2.05, 4.69) is 5.32 Å². The number of hydrogen-bond donors (Lipinski definition) is 2. The average Bonchev–Trinajstić information content (AvgIpc) is 2.36. The zero-order valence-corrected chi connectivity index (χ0v) is 10.5. The minimum Gasteiger partial charge on any atom is -0.328 e. The first-order valence-corrected chi connectivity index (χ1v) is 6.55. The molecule has 0 atom stereocenters. The quantitative estimate of drug-likeness (QED) is 0.866. The van der Waals surface area contributed by atoms with Gasteiger partial charge in [-0.25, -0.2) is 8.78 Å². The van der Waals surface area contributed by atoms with Gasteiger partial charge in [0, 0.05) is 18.2 Å². The topological polar surface area (TPSA) is 38.0 Å². The van der Waals surface area contributed by atoms with Crippen molar-refractivity contribution in [3.63, 3.8) is 0 Å². The molecule has 0 aliphatic heterocycles. The van der Waals surface area contributed by atoms with E-state index in [1.807, 2.05) is 0 Å². The van der Waals surface area contributed by atoms with Gasteiger partial charge in [0.25, 0.3) is 0 Å². The van der Waals surface area contributed by atoms with Crippen molar-refractivity contribution < 1.29 is 8.78 Å². The van der Waals surface area contributed by atoms with Crippen LogP contribution in [0.4, 0.5) is 8.78 Å². The molecule has 0 amide bonds. The lowest BCUT2D eigenvalue weighted by atomic mass is 9.86. The lowest BCUT2D eigenvalue weighted by molar-refractivity contribution is 0.314. The predicted molar refractivity (Wildman–Crippen MR) is 68.0 cm³/mol. The van der Waals surface area contributed by atoms with Gasteiger partial charge in [-0.1, -0.05) is 0 Å². The molecule has 0 heterocycles. The summed E-state index contributed by atoms with van der Waals surface area (Å²) in [6, 6.07) is 3.91. The highest BCUT2D eigenvalue weighted by atomic mass is 19.1. The van der Waals surface area contributed by atoms with Crippen LogP contribution < -0.4 is 11.1 Å². The average molecular weight is 254 g/mol. The maximum atomic E-state index is 13.4. The van der Waals surface area contributed by atoms with E-state index in [4.69, 9.17) is 5.73 Å². The van der Waals surface area contributed by atoms with Gasteiger partial charge < -0.3 is 11.1 Å². The van der Waals surface area contributed by atoms with Crippen LogP contribution in [0, 0.1) is 17.6 Å². The molecule has 1 fully saturated rings. The summed E-state index contributed by atoms with van der Waals surface area (Å²) >= 11 is 0. The molecule has 2 nitrogen and oxygen atoms in total. The van der Waals surface area contributed by atoms with E-state index >= 15 is 0 Å². The standard InChI is InChI=1S/C14H20F2N2/c15-12-3-6-14(16)11(7-12)9-18-8-10-1-4-13(17)5-2-10/h3,6-7,10,13,18H,1-2,4-5,8-9,17H2. The molecule has 4 heteroatoms. The highest BCUT2D eigenvalue weighted by molar-refractivity contribution is 5.18. The predicted octanol–water partition coefficient (Wildman–Crippen LogP) is 2.57. The van der Waals surface area contributed by atoms with Crippen molar-refractivity contribution >= 4 is 0 Å². The molecule has 0 spiro atoms. The second kappa shape index (κ2) is 6.25. The minimum atomic E-state index is -0.392. The second-order valence-electron chi connectivity index (χ2n) is 5.15. The van der Waals surface area contributed by atoms with Crippen LogP contribution in [-0.2, 0) is 6.54 Å². The van der Waals surface area contributed by atoms with Gasteiger partial charge in [0.15, 0.2) is 0 Å². The highest BCUT2D eigenvalue weighted by Crippen LogP contribution is 2.22. The third kappa shape index (κ3) is 3.75. The Morgan fingerprint density at radius 3 is 2.61 bits per heavy atom. The minimum absolute atomic E-state index is 0.349. The third-order valence-electron chi connectivity index (χ3n) is 3.65. The smallest absolute Gasteiger partial charge is 0.127 e. The van der Waals surface area contributed by atoms with Gasteiger partial charge in [0.1, 0.15) is 11.6 Å². The van der Waals surface area contributed by atoms with Gasteiger partial charge >= 0.3 is 0 Å². The molecule has 3 N–H and O–H groups in total. The van der Waals surface area contributed by atoms with Crippen LogP contribution in [-0.4, -0.2) is 12.6 Å². The molecule has 2 rings (SSSR count). The molecule has 1 aromatic carbocycles.